The van der Waals surface area contributed by atoms with Gasteiger partial charge in [-0.25, -0.2) is 0 Å². The summed E-state index contributed by atoms with van der Waals surface area (Å²) in [4.78, 5) is 40.1. The van der Waals surface area contributed by atoms with Crippen molar-refractivity contribution in [2.24, 2.45) is 23.7 Å². The van der Waals surface area contributed by atoms with Crippen molar-refractivity contribution in [1.82, 2.24) is 15.5 Å². The summed E-state index contributed by atoms with van der Waals surface area (Å²) in [6.07, 6.45) is 4.24. The largest absolute Gasteiger partial charge is 0.396 e. The van der Waals surface area contributed by atoms with Crippen LogP contribution in [0.4, 0.5) is 0 Å². The van der Waals surface area contributed by atoms with E-state index in [9.17, 15) is 19.5 Å². The average molecular weight is 365 g/mol. The van der Waals surface area contributed by atoms with Gasteiger partial charge in [0.15, 0.2) is 0 Å². The highest BCUT2D eigenvalue weighted by Crippen LogP contribution is 2.44. The van der Waals surface area contributed by atoms with E-state index in [0.29, 0.717) is 13.0 Å². The minimum absolute atomic E-state index is 0.0577. The summed E-state index contributed by atoms with van der Waals surface area (Å²) in [5, 5.41) is 14.8. The molecule has 0 unspecified atom stereocenters. The van der Waals surface area contributed by atoms with Crippen LogP contribution in [0.5, 0.6) is 0 Å². The van der Waals surface area contributed by atoms with E-state index in [4.69, 9.17) is 0 Å². The molecule has 0 bridgehead atoms. The van der Waals surface area contributed by atoms with E-state index in [1.165, 1.54) is 0 Å². The maximum absolute atomic E-state index is 13.2. The monoisotopic (exact) mass is 365 g/mol. The Labute approximate surface area is 155 Å². The first-order chi connectivity index (χ1) is 12.1. The van der Waals surface area contributed by atoms with Gasteiger partial charge in [0.1, 0.15) is 6.04 Å². The van der Waals surface area contributed by atoms with Crippen molar-refractivity contribution in [3.63, 3.8) is 0 Å². The number of allylic oxidation sites excluding steroid dienone is 1. The first kappa shape index (κ1) is 20.4. The first-order valence-corrected chi connectivity index (χ1v) is 9.25. The standard InChI is InChI=1S/C19H31N3O4/c1-11-7-8-12-14(13(11)16(24)20-5)18(26)22(9-6-10-23)15(12)17(25)21-19(2,3)4/h7-8,11-15,23H,6,9-10H2,1-5H3,(H,20,24)(H,21,25)/t11-,12+,13-,14-,15+/m1/s1. The lowest BCUT2D eigenvalue weighted by Gasteiger charge is -2.33. The quantitative estimate of drug-likeness (QED) is 0.610. The van der Waals surface area contributed by atoms with Crippen molar-refractivity contribution in [2.75, 3.05) is 20.2 Å². The Balaban J connectivity index is 2.41. The van der Waals surface area contributed by atoms with Gasteiger partial charge in [-0.05, 0) is 33.1 Å². The zero-order chi connectivity index (χ0) is 19.6. The zero-order valence-electron chi connectivity index (χ0n) is 16.3. The van der Waals surface area contributed by atoms with Gasteiger partial charge >= 0.3 is 0 Å². The Hall–Kier alpha value is -1.89. The summed E-state index contributed by atoms with van der Waals surface area (Å²) < 4.78 is 0. The molecule has 2 aliphatic rings. The van der Waals surface area contributed by atoms with Gasteiger partial charge in [-0.15, -0.1) is 0 Å². The first-order valence-electron chi connectivity index (χ1n) is 9.25. The zero-order valence-corrected chi connectivity index (χ0v) is 16.3. The molecule has 26 heavy (non-hydrogen) atoms. The van der Waals surface area contributed by atoms with Crippen molar-refractivity contribution < 1.29 is 19.5 Å². The van der Waals surface area contributed by atoms with Gasteiger partial charge in [-0.1, -0.05) is 19.1 Å². The van der Waals surface area contributed by atoms with E-state index >= 15 is 0 Å². The molecular weight excluding hydrogens is 334 g/mol. The number of hydrogen-bond acceptors (Lipinski definition) is 4. The molecule has 1 aliphatic heterocycles. The van der Waals surface area contributed by atoms with Gasteiger partial charge in [0, 0.05) is 31.7 Å². The molecule has 0 spiro atoms. The van der Waals surface area contributed by atoms with Gasteiger partial charge in [0.2, 0.25) is 17.7 Å². The summed E-state index contributed by atoms with van der Waals surface area (Å²) in [7, 11) is 1.56. The van der Waals surface area contributed by atoms with Crippen LogP contribution in [0.15, 0.2) is 12.2 Å². The molecule has 1 aliphatic carbocycles. The average Bonchev–Trinajstić information content (AvgIpc) is 2.83. The van der Waals surface area contributed by atoms with Crippen molar-refractivity contribution >= 4 is 17.7 Å². The van der Waals surface area contributed by atoms with Crippen LogP contribution < -0.4 is 10.6 Å². The number of amides is 3. The fraction of sp³-hybridized carbons (Fsp3) is 0.737. The second-order valence-corrected chi connectivity index (χ2v) is 8.28. The molecule has 0 radical (unpaired) electrons. The summed E-state index contributed by atoms with van der Waals surface area (Å²) in [5.41, 5.74) is -0.424. The number of aliphatic hydroxyl groups is 1. The molecule has 3 N–H and O–H groups in total. The van der Waals surface area contributed by atoms with E-state index < -0.39 is 23.4 Å². The predicted octanol–water partition coefficient (Wildman–Crippen LogP) is 0.295. The van der Waals surface area contributed by atoms with Gasteiger partial charge < -0.3 is 20.6 Å². The van der Waals surface area contributed by atoms with Gasteiger partial charge in [-0.2, -0.15) is 0 Å². The van der Waals surface area contributed by atoms with Crippen LogP contribution in [0.25, 0.3) is 0 Å². The topological polar surface area (TPSA) is 98.7 Å². The van der Waals surface area contributed by atoms with Crippen LogP contribution in [0.1, 0.15) is 34.1 Å². The minimum Gasteiger partial charge on any atom is -0.396 e. The van der Waals surface area contributed by atoms with E-state index in [-0.39, 0.29) is 36.2 Å². The number of aliphatic hydroxyl groups excluding tert-OH is 1. The predicted molar refractivity (Wildman–Crippen MR) is 97.9 cm³/mol. The SMILES string of the molecule is CNC(=O)[C@H]1[C@@H]2C(=O)N(CCCO)[C@H](C(=O)NC(C)(C)C)[C@H]2C=C[C@H]1C. The number of nitrogens with one attached hydrogen (secondary N) is 2. The highest BCUT2D eigenvalue weighted by atomic mass is 16.3. The lowest BCUT2D eigenvalue weighted by Crippen LogP contribution is -2.52. The van der Waals surface area contributed by atoms with Crippen LogP contribution in [-0.2, 0) is 14.4 Å². The number of fused-ring (bicyclic) bond motifs is 1. The van der Waals surface area contributed by atoms with Crippen molar-refractivity contribution in [3.05, 3.63) is 12.2 Å². The van der Waals surface area contributed by atoms with E-state index in [1.807, 2.05) is 39.8 Å². The number of carbonyl (C=O) groups is 3. The number of likely N-dealkylation sites (tertiary alicyclic amines) is 1. The Morgan fingerprint density at radius 2 is 1.88 bits per heavy atom. The molecule has 5 atom stereocenters. The molecule has 1 heterocycles. The Kier molecular flexibility index (Phi) is 6.11. The number of nitrogens with zero attached hydrogens (tertiary/aromatic N) is 1. The Morgan fingerprint density at radius 3 is 2.42 bits per heavy atom. The fourth-order valence-electron chi connectivity index (χ4n) is 4.08. The summed E-state index contributed by atoms with van der Waals surface area (Å²) in [6, 6.07) is -0.658. The molecule has 2 rings (SSSR count). The molecule has 0 aromatic rings. The Bertz CT molecular complexity index is 596. The van der Waals surface area contributed by atoms with Gasteiger partial charge in [0.25, 0.3) is 0 Å². The maximum atomic E-state index is 13.2. The maximum Gasteiger partial charge on any atom is 0.243 e. The van der Waals surface area contributed by atoms with E-state index in [0.717, 1.165) is 0 Å². The highest BCUT2D eigenvalue weighted by Gasteiger charge is 2.56. The van der Waals surface area contributed by atoms with E-state index in [2.05, 4.69) is 10.6 Å². The van der Waals surface area contributed by atoms with Crippen LogP contribution in [-0.4, -0.2) is 59.5 Å². The molecular formula is C19H31N3O4. The second-order valence-electron chi connectivity index (χ2n) is 8.28. The van der Waals surface area contributed by atoms with Gasteiger partial charge in [-0.3, -0.25) is 14.4 Å². The number of carbonyl (C=O) groups excluding carboxylic acids is 3. The highest BCUT2D eigenvalue weighted by molar-refractivity contribution is 5.96. The fourth-order valence-corrected chi connectivity index (χ4v) is 4.08. The molecule has 7 heteroatoms. The number of rotatable bonds is 5. The molecule has 0 aromatic heterocycles. The molecule has 7 nitrogen and oxygen atoms in total. The molecule has 3 amide bonds. The molecule has 1 saturated heterocycles. The van der Waals surface area contributed by atoms with Crippen LogP contribution in [0.3, 0.4) is 0 Å². The Morgan fingerprint density at radius 1 is 1.23 bits per heavy atom. The summed E-state index contributed by atoms with van der Waals surface area (Å²) in [6.45, 7) is 7.83. The summed E-state index contributed by atoms with van der Waals surface area (Å²) in [5.74, 6) is -2.04. The smallest absolute Gasteiger partial charge is 0.243 e. The normalized spacial score (nSPS) is 30.9. The lowest BCUT2D eigenvalue weighted by molar-refractivity contribution is -0.141. The van der Waals surface area contributed by atoms with Crippen LogP contribution >= 0.6 is 0 Å². The minimum atomic E-state index is -0.658. The van der Waals surface area contributed by atoms with Crippen molar-refractivity contribution in [1.29, 1.82) is 0 Å². The molecule has 1 fully saturated rings. The number of hydrogen-bond donors (Lipinski definition) is 3. The van der Waals surface area contributed by atoms with Crippen molar-refractivity contribution in [2.45, 2.75) is 45.7 Å². The third-order valence-electron chi connectivity index (χ3n) is 5.15. The van der Waals surface area contributed by atoms with Gasteiger partial charge in [0.05, 0.1) is 11.8 Å². The summed E-state index contributed by atoms with van der Waals surface area (Å²) >= 11 is 0. The lowest BCUT2D eigenvalue weighted by atomic mass is 9.70. The molecule has 0 saturated carbocycles. The van der Waals surface area contributed by atoms with Crippen molar-refractivity contribution in [3.8, 4) is 0 Å². The molecule has 146 valence electrons. The van der Waals surface area contributed by atoms with Crippen LogP contribution in [0, 0.1) is 23.7 Å². The van der Waals surface area contributed by atoms with Crippen LogP contribution in [0.2, 0.25) is 0 Å². The third kappa shape index (κ3) is 3.92. The second kappa shape index (κ2) is 7.78. The molecule has 0 aromatic carbocycles. The third-order valence-corrected chi connectivity index (χ3v) is 5.15. The van der Waals surface area contributed by atoms with E-state index in [1.54, 1.807) is 11.9 Å².